The smallest absolute Gasteiger partial charge is 0.263 e. The Bertz CT molecular complexity index is 831. The fraction of sp³-hybridized carbons (Fsp3) is 0.333. The number of aliphatic hydroxyl groups excluding tert-OH is 1. The van der Waals surface area contributed by atoms with Crippen LogP contribution in [0.2, 0.25) is 10.0 Å². The van der Waals surface area contributed by atoms with Crippen LogP contribution >= 0.6 is 35.0 Å². The first-order chi connectivity index (χ1) is 13.2. The summed E-state index contributed by atoms with van der Waals surface area (Å²) in [4.78, 5) is 1.02. The first-order valence-corrected chi connectivity index (χ1v) is 11.0. The third-order valence-corrected chi connectivity index (χ3v) is 7.99. The maximum Gasteiger partial charge on any atom is 0.263 e. The van der Waals surface area contributed by atoms with Gasteiger partial charge in [-0.2, -0.15) is 0 Å². The van der Waals surface area contributed by atoms with Crippen LogP contribution in [0.15, 0.2) is 52.3 Å². The van der Waals surface area contributed by atoms with E-state index in [4.69, 9.17) is 23.2 Å². The lowest BCUT2D eigenvalue weighted by atomic mass is 10.1. The molecule has 10 heteroatoms. The maximum absolute atomic E-state index is 12.9. The minimum Gasteiger partial charge on any atom is -0.593 e. The van der Waals surface area contributed by atoms with Crippen molar-refractivity contribution in [3.05, 3.63) is 58.1 Å². The van der Waals surface area contributed by atoms with Gasteiger partial charge in [-0.1, -0.05) is 23.2 Å². The molecule has 1 aliphatic heterocycles. The second-order valence-electron chi connectivity index (χ2n) is 6.38. The van der Waals surface area contributed by atoms with E-state index in [1.807, 2.05) is 0 Å². The minimum atomic E-state index is -2.67. The van der Waals surface area contributed by atoms with Crippen LogP contribution in [0.4, 0.5) is 8.78 Å². The third kappa shape index (κ3) is 4.76. The zero-order valence-electron chi connectivity index (χ0n) is 14.4. The van der Waals surface area contributed by atoms with Crippen LogP contribution in [0.3, 0.4) is 0 Å². The van der Waals surface area contributed by atoms with Crippen molar-refractivity contribution in [2.75, 3.05) is 19.7 Å². The molecule has 2 N–H and O–H groups in total. The van der Waals surface area contributed by atoms with Gasteiger partial charge in [-0.25, -0.2) is 8.78 Å². The van der Waals surface area contributed by atoms with E-state index in [-0.39, 0.29) is 28.6 Å². The first-order valence-electron chi connectivity index (χ1n) is 8.23. The normalized spacial score (nSPS) is 24.1. The average Bonchev–Trinajstić information content (AvgIpc) is 3.00. The van der Waals surface area contributed by atoms with Gasteiger partial charge in [0, 0.05) is 15.5 Å². The zero-order valence-corrected chi connectivity index (χ0v) is 17.5. The van der Waals surface area contributed by atoms with Gasteiger partial charge in [0.25, 0.3) is 6.43 Å². The Kier molecular flexibility index (Phi) is 7.15. The highest BCUT2D eigenvalue weighted by molar-refractivity contribution is 8.00. The summed E-state index contributed by atoms with van der Waals surface area (Å²) < 4.78 is 40.0. The standard InChI is InChI=1S/C18H17Cl2F2NO3S2/c19-12-2-4-13(5-3-12)27-16-8-23(9-18(16,25)10-24)28(26)15-6-1-11(17(21)22)7-14(15)20/h1-7,16-17,24-25H,8-10H2/t16-,18?,28?/m0/s1. The molecule has 2 aromatic carbocycles. The van der Waals surface area contributed by atoms with Crippen LogP contribution in [0.25, 0.3) is 0 Å². The molecule has 28 heavy (non-hydrogen) atoms. The van der Waals surface area contributed by atoms with E-state index in [1.54, 1.807) is 24.3 Å². The molecule has 0 aromatic heterocycles. The molecule has 0 spiro atoms. The summed E-state index contributed by atoms with van der Waals surface area (Å²) in [6.45, 7) is -0.345. The fourth-order valence-corrected chi connectivity index (χ4v) is 6.03. The van der Waals surface area contributed by atoms with Crippen molar-refractivity contribution >= 4 is 46.3 Å². The highest BCUT2D eigenvalue weighted by Crippen LogP contribution is 2.39. The maximum atomic E-state index is 12.9. The number of β-amino-alcohol motifs (C(OH)–C–C–N with tert-alkyl or cyclic N) is 1. The minimum absolute atomic E-state index is 0.0301. The van der Waals surface area contributed by atoms with Gasteiger partial charge in [0.05, 0.1) is 41.3 Å². The Morgan fingerprint density at radius 1 is 1.25 bits per heavy atom. The number of nitrogens with zero attached hydrogens (tertiary/aromatic N) is 1. The van der Waals surface area contributed by atoms with Gasteiger partial charge in [0.1, 0.15) is 5.60 Å². The molecule has 0 saturated carbocycles. The SMILES string of the molecule is [O-][S+](c1ccc(C(F)F)cc1Cl)N1C[C@H](Sc2ccc(Cl)cc2)C(O)(CO)C1. The number of benzene rings is 2. The average molecular weight is 468 g/mol. The zero-order chi connectivity index (χ0) is 20.5. The Balaban J connectivity index is 1.78. The van der Waals surface area contributed by atoms with Crippen molar-refractivity contribution in [2.24, 2.45) is 0 Å². The van der Waals surface area contributed by atoms with Crippen LogP contribution in [-0.4, -0.2) is 49.6 Å². The summed E-state index contributed by atoms with van der Waals surface area (Å²) in [7, 11) is 0. The molecule has 4 nitrogen and oxygen atoms in total. The van der Waals surface area contributed by atoms with Gasteiger partial charge in [-0.15, -0.1) is 16.1 Å². The van der Waals surface area contributed by atoms with E-state index < -0.39 is 35.2 Å². The van der Waals surface area contributed by atoms with Gasteiger partial charge in [-0.05, 0) is 42.5 Å². The number of rotatable bonds is 6. The van der Waals surface area contributed by atoms with Crippen LogP contribution in [0, 0.1) is 0 Å². The van der Waals surface area contributed by atoms with Gasteiger partial charge in [-0.3, -0.25) is 0 Å². The lowest BCUT2D eigenvalue weighted by Crippen LogP contribution is -2.44. The van der Waals surface area contributed by atoms with Gasteiger partial charge >= 0.3 is 0 Å². The molecule has 152 valence electrons. The van der Waals surface area contributed by atoms with Gasteiger partial charge in [0.15, 0.2) is 4.90 Å². The summed E-state index contributed by atoms with van der Waals surface area (Å²) in [6, 6.07) is 10.6. The van der Waals surface area contributed by atoms with E-state index in [9.17, 15) is 23.5 Å². The van der Waals surface area contributed by atoms with Gasteiger partial charge < -0.3 is 14.8 Å². The molecule has 1 fully saturated rings. The molecule has 0 radical (unpaired) electrons. The fourth-order valence-electron chi connectivity index (χ4n) is 2.86. The molecule has 3 atom stereocenters. The molecule has 0 aliphatic carbocycles. The number of halogens is 4. The van der Waals surface area contributed by atoms with E-state index in [1.165, 1.54) is 28.2 Å². The number of thioether (sulfide) groups is 1. The summed E-state index contributed by atoms with van der Waals surface area (Å²) in [6.07, 6.45) is -2.67. The highest BCUT2D eigenvalue weighted by atomic mass is 35.5. The van der Waals surface area contributed by atoms with Crippen molar-refractivity contribution < 1.29 is 23.5 Å². The van der Waals surface area contributed by atoms with Crippen LogP contribution in [0.1, 0.15) is 12.0 Å². The topological polar surface area (TPSA) is 66.8 Å². The molecular weight excluding hydrogens is 451 g/mol. The predicted molar refractivity (Wildman–Crippen MR) is 108 cm³/mol. The van der Waals surface area contributed by atoms with Crippen molar-refractivity contribution in [1.82, 2.24) is 4.31 Å². The number of aliphatic hydroxyl groups is 2. The summed E-state index contributed by atoms with van der Waals surface area (Å²) in [5.74, 6) is 0. The Hall–Kier alpha value is -0.580. The molecule has 0 amide bonds. The largest absolute Gasteiger partial charge is 0.593 e. The predicted octanol–water partition coefficient (Wildman–Crippen LogP) is 4.15. The van der Waals surface area contributed by atoms with Crippen LogP contribution < -0.4 is 0 Å². The Labute approximate surface area is 178 Å². The van der Waals surface area contributed by atoms with E-state index in [0.717, 1.165) is 11.0 Å². The summed E-state index contributed by atoms with van der Waals surface area (Å²) in [5, 5.41) is 20.6. The number of hydrogen-bond donors (Lipinski definition) is 2. The van der Waals surface area contributed by atoms with E-state index >= 15 is 0 Å². The lowest BCUT2D eigenvalue weighted by molar-refractivity contribution is 0.00319. The molecular formula is C18H17Cl2F2NO3S2. The monoisotopic (exact) mass is 467 g/mol. The molecule has 0 bridgehead atoms. The van der Waals surface area contributed by atoms with Crippen molar-refractivity contribution in [3.8, 4) is 0 Å². The quantitative estimate of drug-likeness (QED) is 0.624. The second kappa shape index (κ2) is 9.06. The van der Waals surface area contributed by atoms with Gasteiger partial charge in [0.2, 0.25) is 0 Å². The lowest BCUT2D eigenvalue weighted by Gasteiger charge is -2.25. The molecule has 1 saturated heterocycles. The van der Waals surface area contributed by atoms with Crippen molar-refractivity contribution in [3.63, 3.8) is 0 Å². The number of hydrogen-bond acceptors (Lipinski definition) is 5. The number of alkyl halides is 2. The Morgan fingerprint density at radius 3 is 2.50 bits per heavy atom. The molecule has 1 aliphatic rings. The third-order valence-electron chi connectivity index (χ3n) is 4.42. The van der Waals surface area contributed by atoms with Crippen LogP contribution in [-0.2, 0) is 11.4 Å². The van der Waals surface area contributed by atoms with E-state index in [2.05, 4.69) is 0 Å². The van der Waals surface area contributed by atoms with E-state index in [0.29, 0.717) is 5.02 Å². The summed E-state index contributed by atoms with van der Waals surface area (Å²) in [5.41, 5.74) is -1.73. The molecule has 3 rings (SSSR count). The molecule has 2 aromatic rings. The Morgan fingerprint density at radius 2 is 1.93 bits per heavy atom. The molecule has 1 heterocycles. The first kappa shape index (κ1) is 22.1. The highest BCUT2D eigenvalue weighted by Gasteiger charge is 2.50. The van der Waals surface area contributed by atoms with Crippen molar-refractivity contribution in [1.29, 1.82) is 0 Å². The van der Waals surface area contributed by atoms with Crippen LogP contribution in [0.5, 0.6) is 0 Å². The van der Waals surface area contributed by atoms with Crippen molar-refractivity contribution in [2.45, 2.75) is 27.1 Å². The summed E-state index contributed by atoms with van der Waals surface area (Å²) >= 11 is 11.5. The molecule has 2 unspecified atom stereocenters. The second-order valence-corrected chi connectivity index (χ2v) is 9.96.